The highest BCUT2D eigenvalue weighted by molar-refractivity contribution is 5.93. The van der Waals surface area contributed by atoms with Gasteiger partial charge in [0.15, 0.2) is 5.78 Å². The van der Waals surface area contributed by atoms with Gasteiger partial charge in [-0.25, -0.2) is 0 Å². The fraction of sp³-hybridized carbons (Fsp3) is 0.500. The van der Waals surface area contributed by atoms with Crippen molar-refractivity contribution in [3.8, 4) is 0 Å². The highest BCUT2D eigenvalue weighted by Gasteiger charge is 2.50. The van der Waals surface area contributed by atoms with Crippen molar-refractivity contribution >= 4 is 5.78 Å². The summed E-state index contributed by atoms with van der Waals surface area (Å²) in [6.07, 6.45) is 7.21. The SMILES string of the molecule is C/C=C1\CCCC(=O)C12CCCN2Cc1ccccc1. The Morgan fingerprint density at radius 3 is 2.75 bits per heavy atom. The monoisotopic (exact) mass is 269 g/mol. The van der Waals surface area contributed by atoms with Crippen molar-refractivity contribution in [1.29, 1.82) is 0 Å². The van der Waals surface area contributed by atoms with Crippen molar-refractivity contribution < 1.29 is 4.79 Å². The molecule has 1 atom stereocenters. The summed E-state index contributed by atoms with van der Waals surface area (Å²) in [6.45, 7) is 4.02. The molecule has 20 heavy (non-hydrogen) atoms. The number of carbonyl (C=O) groups excluding carboxylic acids is 1. The minimum atomic E-state index is -0.275. The van der Waals surface area contributed by atoms with Gasteiger partial charge in [-0.1, -0.05) is 36.4 Å². The first-order chi connectivity index (χ1) is 9.77. The topological polar surface area (TPSA) is 20.3 Å². The van der Waals surface area contributed by atoms with E-state index in [1.165, 1.54) is 11.1 Å². The van der Waals surface area contributed by atoms with Crippen molar-refractivity contribution in [2.75, 3.05) is 6.54 Å². The molecule has 0 aromatic heterocycles. The minimum absolute atomic E-state index is 0.275. The first-order valence-electron chi connectivity index (χ1n) is 7.75. The first kappa shape index (κ1) is 13.6. The van der Waals surface area contributed by atoms with E-state index >= 15 is 0 Å². The maximum absolute atomic E-state index is 12.7. The van der Waals surface area contributed by atoms with Gasteiger partial charge in [0.05, 0.1) is 0 Å². The van der Waals surface area contributed by atoms with Crippen molar-refractivity contribution in [3.05, 3.63) is 47.5 Å². The van der Waals surface area contributed by atoms with Crippen LogP contribution < -0.4 is 0 Å². The third kappa shape index (κ3) is 2.12. The molecule has 2 heteroatoms. The maximum Gasteiger partial charge on any atom is 0.157 e. The average Bonchev–Trinajstić information content (AvgIpc) is 2.88. The van der Waals surface area contributed by atoms with Crippen LogP contribution in [0.5, 0.6) is 0 Å². The Labute approximate surface area is 121 Å². The van der Waals surface area contributed by atoms with Crippen molar-refractivity contribution in [3.63, 3.8) is 0 Å². The van der Waals surface area contributed by atoms with Gasteiger partial charge in [-0.2, -0.15) is 0 Å². The van der Waals surface area contributed by atoms with E-state index in [1.54, 1.807) is 0 Å². The maximum atomic E-state index is 12.7. The number of likely N-dealkylation sites (tertiary alicyclic amines) is 1. The Morgan fingerprint density at radius 2 is 2.00 bits per heavy atom. The zero-order valence-electron chi connectivity index (χ0n) is 12.3. The van der Waals surface area contributed by atoms with Crippen LogP contribution in [-0.4, -0.2) is 22.8 Å². The van der Waals surface area contributed by atoms with E-state index in [0.717, 1.165) is 45.2 Å². The number of rotatable bonds is 2. The fourth-order valence-corrected chi connectivity index (χ4v) is 3.99. The van der Waals surface area contributed by atoms with Gasteiger partial charge in [-0.15, -0.1) is 0 Å². The van der Waals surface area contributed by atoms with Crippen LogP contribution >= 0.6 is 0 Å². The number of nitrogens with zero attached hydrogens (tertiary/aromatic N) is 1. The molecule has 2 aliphatic rings. The van der Waals surface area contributed by atoms with Crippen LogP contribution in [0.3, 0.4) is 0 Å². The third-order valence-corrected chi connectivity index (χ3v) is 4.91. The van der Waals surface area contributed by atoms with Crippen LogP contribution in [0.2, 0.25) is 0 Å². The highest BCUT2D eigenvalue weighted by atomic mass is 16.1. The Morgan fingerprint density at radius 1 is 1.20 bits per heavy atom. The normalized spacial score (nSPS) is 29.4. The number of hydrogen-bond acceptors (Lipinski definition) is 2. The second-order valence-electron chi connectivity index (χ2n) is 5.96. The van der Waals surface area contributed by atoms with E-state index in [-0.39, 0.29) is 5.54 Å². The molecule has 1 spiro atoms. The van der Waals surface area contributed by atoms with E-state index in [4.69, 9.17) is 0 Å². The molecule has 1 unspecified atom stereocenters. The lowest BCUT2D eigenvalue weighted by molar-refractivity contribution is -0.129. The summed E-state index contributed by atoms with van der Waals surface area (Å²) in [5.74, 6) is 0.449. The van der Waals surface area contributed by atoms with Crippen LogP contribution in [0, 0.1) is 0 Å². The summed E-state index contributed by atoms with van der Waals surface area (Å²) < 4.78 is 0. The zero-order valence-corrected chi connectivity index (χ0v) is 12.3. The average molecular weight is 269 g/mol. The molecule has 1 aliphatic carbocycles. The van der Waals surface area contributed by atoms with Crippen LogP contribution in [0.25, 0.3) is 0 Å². The Hall–Kier alpha value is -1.41. The highest BCUT2D eigenvalue weighted by Crippen LogP contribution is 2.43. The Kier molecular flexibility index (Phi) is 3.75. The standard InChI is InChI=1S/C18H23NO/c1-2-16-10-6-11-17(20)18(16)12-7-13-19(18)14-15-8-4-3-5-9-15/h2-5,8-9H,6-7,10-14H2,1H3/b16-2+. The lowest BCUT2D eigenvalue weighted by atomic mass is 9.74. The van der Waals surface area contributed by atoms with Crippen molar-refractivity contribution in [1.82, 2.24) is 4.90 Å². The second kappa shape index (κ2) is 5.53. The molecule has 1 aromatic rings. The molecule has 2 fully saturated rings. The summed E-state index contributed by atoms with van der Waals surface area (Å²) in [4.78, 5) is 15.1. The molecule has 0 N–H and O–H groups in total. The molecule has 2 nitrogen and oxygen atoms in total. The predicted molar refractivity (Wildman–Crippen MR) is 81.4 cm³/mol. The van der Waals surface area contributed by atoms with Gasteiger partial charge in [-0.3, -0.25) is 9.69 Å². The summed E-state index contributed by atoms with van der Waals surface area (Å²) in [5, 5.41) is 0. The Bertz CT molecular complexity index is 519. The van der Waals surface area contributed by atoms with E-state index in [1.807, 2.05) is 6.07 Å². The molecule has 1 aromatic carbocycles. The molecule has 1 saturated carbocycles. The minimum Gasteiger partial charge on any atom is -0.297 e. The lowest BCUT2D eigenvalue weighted by Crippen LogP contribution is -2.53. The zero-order chi connectivity index (χ0) is 14.0. The van der Waals surface area contributed by atoms with Gasteiger partial charge in [0.1, 0.15) is 5.54 Å². The molecule has 1 heterocycles. The molecule has 1 saturated heterocycles. The van der Waals surface area contributed by atoms with Crippen molar-refractivity contribution in [2.24, 2.45) is 0 Å². The molecule has 3 rings (SSSR count). The molecule has 106 valence electrons. The number of benzene rings is 1. The van der Waals surface area contributed by atoms with Gasteiger partial charge in [-0.05, 0) is 50.3 Å². The first-order valence-corrected chi connectivity index (χ1v) is 7.75. The number of hydrogen-bond donors (Lipinski definition) is 0. The van der Waals surface area contributed by atoms with Crippen molar-refractivity contribution in [2.45, 2.75) is 51.1 Å². The molecular formula is C18H23NO. The second-order valence-corrected chi connectivity index (χ2v) is 5.96. The quantitative estimate of drug-likeness (QED) is 0.763. The number of ketones is 1. The van der Waals surface area contributed by atoms with Gasteiger partial charge >= 0.3 is 0 Å². The van der Waals surface area contributed by atoms with Crippen LogP contribution in [0.4, 0.5) is 0 Å². The predicted octanol–water partition coefficient (Wildman–Crippen LogP) is 3.72. The smallest absolute Gasteiger partial charge is 0.157 e. The molecule has 0 amide bonds. The number of Topliss-reactive ketones (excluding diaryl/α,β-unsaturated/α-hetero) is 1. The lowest BCUT2D eigenvalue weighted by Gasteiger charge is -2.42. The summed E-state index contributed by atoms with van der Waals surface area (Å²) >= 11 is 0. The molecular weight excluding hydrogens is 246 g/mol. The van der Waals surface area contributed by atoms with Crippen LogP contribution in [0.1, 0.15) is 44.6 Å². The molecule has 1 aliphatic heterocycles. The van der Waals surface area contributed by atoms with Gasteiger partial charge in [0.25, 0.3) is 0 Å². The van der Waals surface area contributed by atoms with Crippen LogP contribution in [0.15, 0.2) is 42.0 Å². The van der Waals surface area contributed by atoms with E-state index in [9.17, 15) is 4.79 Å². The summed E-state index contributed by atoms with van der Waals surface area (Å²) in [5.41, 5.74) is 2.40. The van der Waals surface area contributed by atoms with E-state index in [2.05, 4.69) is 42.2 Å². The van der Waals surface area contributed by atoms with Gasteiger partial charge in [0.2, 0.25) is 0 Å². The van der Waals surface area contributed by atoms with E-state index < -0.39 is 0 Å². The number of allylic oxidation sites excluding steroid dienone is 1. The summed E-state index contributed by atoms with van der Waals surface area (Å²) in [6, 6.07) is 10.5. The van der Waals surface area contributed by atoms with E-state index in [0.29, 0.717) is 5.78 Å². The fourth-order valence-electron chi connectivity index (χ4n) is 3.99. The largest absolute Gasteiger partial charge is 0.297 e. The number of carbonyl (C=O) groups is 1. The Balaban J connectivity index is 1.92. The van der Waals surface area contributed by atoms with Gasteiger partial charge in [0, 0.05) is 13.0 Å². The summed E-state index contributed by atoms with van der Waals surface area (Å²) in [7, 11) is 0. The third-order valence-electron chi connectivity index (χ3n) is 4.91. The van der Waals surface area contributed by atoms with Crippen LogP contribution in [-0.2, 0) is 11.3 Å². The molecule has 0 radical (unpaired) electrons. The van der Waals surface area contributed by atoms with Gasteiger partial charge < -0.3 is 0 Å². The molecule has 0 bridgehead atoms.